The average Bonchev–Trinajstić information content (AvgIpc) is 2.84. The predicted molar refractivity (Wildman–Crippen MR) is 60.4 cm³/mol. The van der Waals surface area contributed by atoms with Crippen LogP contribution in [0.4, 0.5) is 4.79 Å². The topological polar surface area (TPSA) is 133 Å². The van der Waals surface area contributed by atoms with Crippen LogP contribution in [0.25, 0.3) is 0 Å². The molecule has 1 aromatic heterocycles. The Morgan fingerprint density at radius 2 is 2.22 bits per heavy atom. The van der Waals surface area contributed by atoms with Crippen molar-refractivity contribution in [2.24, 2.45) is 5.92 Å². The molecule has 0 bridgehead atoms. The van der Waals surface area contributed by atoms with Gasteiger partial charge in [0.2, 0.25) is 0 Å². The van der Waals surface area contributed by atoms with E-state index in [4.69, 9.17) is 5.11 Å². The molecule has 4 N–H and O–H groups in total. The first-order chi connectivity index (χ1) is 8.63. The van der Waals surface area contributed by atoms with Crippen molar-refractivity contribution >= 4 is 12.0 Å². The van der Waals surface area contributed by atoms with Crippen LogP contribution in [-0.2, 0) is 11.3 Å². The van der Waals surface area contributed by atoms with Gasteiger partial charge in [-0.1, -0.05) is 18.6 Å². The molecule has 1 unspecified atom stereocenters. The normalized spacial score (nSPS) is 11.8. The van der Waals surface area contributed by atoms with Gasteiger partial charge in [0.1, 0.15) is 0 Å². The summed E-state index contributed by atoms with van der Waals surface area (Å²) in [5.74, 6) is -1.12. The van der Waals surface area contributed by atoms with Crippen molar-refractivity contribution in [3.63, 3.8) is 0 Å². The van der Waals surface area contributed by atoms with E-state index in [9.17, 15) is 9.59 Å². The lowest BCUT2D eigenvalue weighted by molar-refractivity contribution is -0.141. The van der Waals surface area contributed by atoms with Crippen molar-refractivity contribution in [3.05, 3.63) is 5.82 Å². The highest BCUT2D eigenvalue weighted by molar-refractivity contribution is 5.75. The molecule has 0 aliphatic carbocycles. The number of carboxylic acid groups (broad SMARTS) is 1. The van der Waals surface area contributed by atoms with Gasteiger partial charge < -0.3 is 15.7 Å². The number of nitrogens with one attached hydrogen (secondary N) is 3. The standard InChI is InChI=1S/C9H16N6O3/c1-2-3-6(8(16)17)4-10-9(18)11-5-7-12-14-15-13-7/h6H,2-5H2,1H3,(H,16,17)(H2,10,11,18)(H,12,13,14,15). The van der Waals surface area contributed by atoms with Gasteiger partial charge in [0.05, 0.1) is 12.5 Å². The van der Waals surface area contributed by atoms with E-state index in [1.807, 2.05) is 6.92 Å². The van der Waals surface area contributed by atoms with Gasteiger partial charge in [0.25, 0.3) is 0 Å². The molecule has 0 aromatic carbocycles. The number of aromatic nitrogens is 4. The van der Waals surface area contributed by atoms with E-state index >= 15 is 0 Å². The Morgan fingerprint density at radius 1 is 1.44 bits per heavy atom. The number of hydrogen-bond acceptors (Lipinski definition) is 5. The van der Waals surface area contributed by atoms with E-state index in [1.54, 1.807) is 0 Å². The summed E-state index contributed by atoms with van der Waals surface area (Å²) in [5.41, 5.74) is 0. The number of amides is 2. The number of nitrogens with zero attached hydrogens (tertiary/aromatic N) is 3. The molecule has 0 saturated carbocycles. The minimum atomic E-state index is -0.907. The van der Waals surface area contributed by atoms with E-state index in [1.165, 1.54) is 0 Å². The number of aromatic amines is 1. The van der Waals surface area contributed by atoms with Crippen LogP contribution in [0.2, 0.25) is 0 Å². The van der Waals surface area contributed by atoms with Gasteiger partial charge in [-0.3, -0.25) is 4.79 Å². The van der Waals surface area contributed by atoms with Gasteiger partial charge in [-0.25, -0.2) is 4.79 Å². The smallest absolute Gasteiger partial charge is 0.315 e. The minimum absolute atomic E-state index is 0.0985. The largest absolute Gasteiger partial charge is 0.481 e. The SMILES string of the molecule is CCCC(CNC(=O)NCc1nn[nH]n1)C(=O)O. The van der Waals surface area contributed by atoms with E-state index in [-0.39, 0.29) is 13.1 Å². The van der Waals surface area contributed by atoms with Gasteiger partial charge in [-0.15, -0.1) is 10.2 Å². The summed E-state index contributed by atoms with van der Waals surface area (Å²) >= 11 is 0. The molecule has 0 fully saturated rings. The Balaban J connectivity index is 2.25. The lowest BCUT2D eigenvalue weighted by Crippen LogP contribution is -2.39. The fraction of sp³-hybridized carbons (Fsp3) is 0.667. The zero-order valence-corrected chi connectivity index (χ0v) is 10.0. The van der Waals surface area contributed by atoms with Crippen LogP contribution in [0, 0.1) is 5.92 Å². The monoisotopic (exact) mass is 256 g/mol. The average molecular weight is 256 g/mol. The Hall–Kier alpha value is -2.19. The maximum absolute atomic E-state index is 11.4. The number of tetrazole rings is 1. The van der Waals surface area contributed by atoms with Crippen molar-refractivity contribution in [1.29, 1.82) is 0 Å². The molecule has 2 amide bonds. The van der Waals surface area contributed by atoms with Crippen LogP contribution in [0.3, 0.4) is 0 Å². The summed E-state index contributed by atoms with van der Waals surface area (Å²) in [4.78, 5) is 22.2. The zero-order chi connectivity index (χ0) is 13.4. The Kier molecular flexibility index (Phi) is 5.55. The van der Waals surface area contributed by atoms with Gasteiger partial charge in [0.15, 0.2) is 5.82 Å². The fourth-order valence-corrected chi connectivity index (χ4v) is 1.36. The first-order valence-electron chi connectivity index (χ1n) is 5.60. The molecule has 18 heavy (non-hydrogen) atoms. The summed E-state index contributed by atoms with van der Waals surface area (Å²) in [5, 5.41) is 26.8. The van der Waals surface area contributed by atoms with Crippen LogP contribution >= 0.6 is 0 Å². The Morgan fingerprint density at radius 3 is 2.78 bits per heavy atom. The van der Waals surface area contributed by atoms with Gasteiger partial charge in [-0.05, 0) is 6.42 Å². The fourth-order valence-electron chi connectivity index (χ4n) is 1.36. The first kappa shape index (κ1) is 13.9. The summed E-state index contributed by atoms with van der Waals surface area (Å²) in [6, 6.07) is -0.456. The lowest BCUT2D eigenvalue weighted by Gasteiger charge is -2.12. The quantitative estimate of drug-likeness (QED) is 0.519. The molecule has 0 radical (unpaired) electrons. The van der Waals surface area contributed by atoms with Gasteiger partial charge in [0, 0.05) is 6.54 Å². The number of rotatable bonds is 7. The van der Waals surface area contributed by atoms with Crippen molar-refractivity contribution in [1.82, 2.24) is 31.3 Å². The summed E-state index contributed by atoms with van der Waals surface area (Å²) in [6.45, 7) is 2.13. The Labute approximate surface area is 103 Å². The highest BCUT2D eigenvalue weighted by Crippen LogP contribution is 2.04. The third-order valence-electron chi connectivity index (χ3n) is 2.29. The number of carbonyl (C=O) groups excluding carboxylic acids is 1. The number of aliphatic carboxylic acids is 1. The summed E-state index contributed by atoms with van der Waals surface area (Å²) in [6.07, 6.45) is 1.28. The third kappa shape index (κ3) is 4.76. The lowest BCUT2D eigenvalue weighted by atomic mass is 10.0. The number of urea groups is 1. The molecule has 0 aliphatic rings. The Bertz CT molecular complexity index is 380. The second-order valence-electron chi connectivity index (χ2n) is 3.72. The zero-order valence-electron chi connectivity index (χ0n) is 10.0. The highest BCUT2D eigenvalue weighted by atomic mass is 16.4. The van der Waals surface area contributed by atoms with Crippen LogP contribution < -0.4 is 10.6 Å². The molecule has 1 atom stereocenters. The minimum Gasteiger partial charge on any atom is -0.481 e. The number of hydrogen-bond donors (Lipinski definition) is 4. The molecule has 0 saturated heterocycles. The molecule has 9 heteroatoms. The van der Waals surface area contributed by atoms with Crippen LogP contribution in [0.5, 0.6) is 0 Å². The van der Waals surface area contributed by atoms with Crippen LogP contribution in [0.15, 0.2) is 0 Å². The van der Waals surface area contributed by atoms with Crippen molar-refractivity contribution in [2.75, 3.05) is 6.54 Å². The molecule has 0 aliphatic heterocycles. The number of carbonyl (C=O) groups is 2. The second-order valence-corrected chi connectivity index (χ2v) is 3.72. The van der Waals surface area contributed by atoms with E-state index in [2.05, 4.69) is 31.3 Å². The number of carboxylic acids is 1. The van der Waals surface area contributed by atoms with Crippen LogP contribution in [-0.4, -0.2) is 44.3 Å². The molecule has 1 rings (SSSR count). The van der Waals surface area contributed by atoms with E-state index in [0.717, 1.165) is 6.42 Å². The predicted octanol–water partition coefficient (Wildman–Crippen LogP) is -0.500. The molecule has 0 spiro atoms. The van der Waals surface area contributed by atoms with Crippen molar-refractivity contribution in [2.45, 2.75) is 26.3 Å². The highest BCUT2D eigenvalue weighted by Gasteiger charge is 2.17. The van der Waals surface area contributed by atoms with Gasteiger partial charge in [-0.2, -0.15) is 5.21 Å². The molecule has 100 valence electrons. The molecular weight excluding hydrogens is 240 g/mol. The van der Waals surface area contributed by atoms with Crippen molar-refractivity contribution < 1.29 is 14.7 Å². The van der Waals surface area contributed by atoms with E-state index in [0.29, 0.717) is 12.2 Å². The van der Waals surface area contributed by atoms with Gasteiger partial charge >= 0.3 is 12.0 Å². The maximum atomic E-state index is 11.4. The third-order valence-corrected chi connectivity index (χ3v) is 2.29. The molecule has 9 nitrogen and oxygen atoms in total. The molecule has 1 heterocycles. The first-order valence-corrected chi connectivity index (χ1v) is 5.60. The second kappa shape index (κ2) is 7.20. The van der Waals surface area contributed by atoms with E-state index < -0.39 is 17.9 Å². The number of H-pyrrole nitrogens is 1. The van der Waals surface area contributed by atoms with Crippen LogP contribution in [0.1, 0.15) is 25.6 Å². The maximum Gasteiger partial charge on any atom is 0.315 e. The van der Waals surface area contributed by atoms with Crippen molar-refractivity contribution in [3.8, 4) is 0 Å². The molecular formula is C9H16N6O3. The molecule has 1 aromatic rings. The summed E-state index contributed by atoms with van der Waals surface area (Å²) < 4.78 is 0. The summed E-state index contributed by atoms with van der Waals surface area (Å²) in [7, 11) is 0.